The van der Waals surface area contributed by atoms with E-state index < -0.39 is 0 Å². The van der Waals surface area contributed by atoms with Crippen molar-refractivity contribution in [2.75, 3.05) is 32.7 Å². The fourth-order valence-corrected chi connectivity index (χ4v) is 2.90. The molecule has 0 atom stereocenters. The Morgan fingerprint density at radius 3 is 2.52 bits per heavy atom. The van der Waals surface area contributed by atoms with E-state index in [4.69, 9.17) is 0 Å². The van der Waals surface area contributed by atoms with Crippen molar-refractivity contribution in [3.05, 3.63) is 54.4 Å². The number of hydrogen-bond donors (Lipinski definition) is 0. The summed E-state index contributed by atoms with van der Waals surface area (Å²) in [6.45, 7) is 10.7. The van der Waals surface area contributed by atoms with Gasteiger partial charge in [0.1, 0.15) is 0 Å². The first-order valence-electron chi connectivity index (χ1n) is 8.20. The van der Waals surface area contributed by atoms with Gasteiger partial charge in [0.15, 0.2) is 5.82 Å². The van der Waals surface area contributed by atoms with Crippen molar-refractivity contribution in [3.63, 3.8) is 0 Å². The highest BCUT2D eigenvalue weighted by Gasteiger charge is 2.18. The minimum absolute atomic E-state index is 0.822. The van der Waals surface area contributed by atoms with Gasteiger partial charge in [-0.2, -0.15) is 0 Å². The molecule has 0 radical (unpaired) electrons. The van der Waals surface area contributed by atoms with Crippen molar-refractivity contribution in [1.82, 2.24) is 30.0 Å². The van der Waals surface area contributed by atoms with Crippen molar-refractivity contribution in [2.24, 2.45) is 0 Å². The third-order valence-electron chi connectivity index (χ3n) is 4.28. The molecule has 0 amide bonds. The zero-order valence-electron chi connectivity index (χ0n) is 13.5. The fraction of sp³-hybridized carbons (Fsp3) is 0.471. The van der Waals surface area contributed by atoms with Crippen LogP contribution in [0.25, 0.3) is 0 Å². The predicted molar refractivity (Wildman–Crippen MR) is 89.9 cm³/mol. The van der Waals surface area contributed by atoms with E-state index in [0.29, 0.717) is 0 Å². The van der Waals surface area contributed by atoms with Gasteiger partial charge in [0.2, 0.25) is 0 Å². The number of piperazine rings is 1. The zero-order valence-corrected chi connectivity index (χ0v) is 13.5. The summed E-state index contributed by atoms with van der Waals surface area (Å²) in [7, 11) is 0. The maximum Gasteiger partial charge on any atom is 0.165 e. The normalized spacial score (nSPS) is 16.5. The van der Waals surface area contributed by atoms with Crippen LogP contribution in [0.15, 0.2) is 43.0 Å². The van der Waals surface area contributed by atoms with Crippen molar-refractivity contribution < 1.29 is 0 Å². The van der Waals surface area contributed by atoms with E-state index in [1.54, 1.807) is 0 Å². The van der Waals surface area contributed by atoms with Crippen LogP contribution in [0, 0.1) is 0 Å². The lowest BCUT2D eigenvalue weighted by atomic mass is 10.1. The quantitative estimate of drug-likeness (QED) is 0.720. The van der Waals surface area contributed by atoms with E-state index in [2.05, 4.69) is 56.2 Å². The summed E-state index contributed by atoms with van der Waals surface area (Å²) < 4.78 is 1.93. The second-order valence-corrected chi connectivity index (χ2v) is 5.92. The second-order valence-electron chi connectivity index (χ2n) is 5.92. The maximum atomic E-state index is 4.21. The molecule has 23 heavy (non-hydrogen) atoms. The number of aryl methyl sites for hydroxylation is 2. The van der Waals surface area contributed by atoms with Crippen LogP contribution >= 0.6 is 0 Å². The molecular formula is C17H24N6. The predicted octanol–water partition coefficient (Wildman–Crippen LogP) is 1.22. The van der Waals surface area contributed by atoms with E-state index >= 15 is 0 Å². The van der Waals surface area contributed by atoms with Crippen LogP contribution in [0.1, 0.15) is 11.4 Å². The van der Waals surface area contributed by atoms with Gasteiger partial charge in [0.25, 0.3) is 0 Å². The largest absolute Gasteiger partial charge is 0.297 e. The Labute approximate surface area is 137 Å². The number of rotatable bonds is 7. The summed E-state index contributed by atoms with van der Waals surface area (Å²) in [5.74, 6) is 0.957. The summed E-state index contributed by atoms with van der Waals surface area (Å²) in [6.07, 6.45) is 2.92. The Morgan fingerprint density at radius 2 is 1.78 bits per heavy atom. The number of tetrazole rings is 1. The lowest BCUT2D eigenvalue weighted by Crippen LogP contribution is -2.46. The third-order valence-corrected chi connectivity index (χ3v) is 4.28. The van der Waals surface area contributed by atoms with E-state index in [-0.39, 0.29) is 0 Å². The number of nitrogens with zero attached hydrogens (tertiary/aromatic N) is 6. The average molecular weight is 312 g/mol. The van der Waals surface area contributed by atoms with Crippen LogP contribution in [0.5, 0.6) is 0 Å². The van der Waals surface area contributed by atoms with Crippen molar-refractivity contribution >= 4 is 0 Å². The number of benzene rings is 1. The van der Waals surface area contributed by atoms with Crippen molar-refractivity contribution in [1.29, 1.82) is 0 Å². The monoisotopic (exact) mass is 312 g/mol. The van der Waals surface area contributed by atoms with Crippen LogP contribution in [0.3, 0.4) is 0 Å². The molecule has 0 bridgehead atoms. The van der Waals surface area contributed by atoms with Gasteiger partial charge in [-0.3, -0.25) is 9.80 Å². The van der Waals surface area contributed by atoms with Crippen LogP contribution in [-0.2, 0) is 19.5 Å². The molecule has 1 fully saturated rings. The number of hydrogen-bond acceptors (Lipinski definition) is 5. The van der Waals surface area contributed by atoms with Crippen molar-refractivity contribution in [2.45, 2.75) is 19.5 Å². The van der Waals surface area contributed by atoms with Crippen molar-refractivity contribution in [3.8, 4) is 0 Å². The molecule has 0 aliphatic carbocycles. The molecule has 6 nitrogen and oxygen atoms in total. The van der Waals surface area contributed by atoms with Crippen LogP contribution in [0.4, 0.5) is 0 Å². The molecule has 0 unspecified atom stereocenters. The molecule has 0 saturated carbocycles. The molecular weight excluding hydrogens is 288 g/mol. The molecule has 6 heteroatoms. The minimum atomic E-state index is 0.822. The topological polar surface area (TPSA) is 50.1 Å². The third kappa shape index (κ3) is 4.46. The highest BCUT2D eigenvalue weighted by atomic mass is 15.5. The summed E-state index contributed by atoms with van der Waals surface area (Å²) >= 11 is 0. The van der Waals surface area contributed by atoms with Gasteiger partial charge in [-0.25, -0.2) is 4.68 Å². The first-order valence-corrected chi connectivity index (χ1v) is 8.20. The van der Waals surface area contributed by atoms with Gasteiger partial charge < -0.3 is 0 Å². The maximum absolute atomic E-state index is 4.21. The molecule has 1 aliphatic heterocycles. The fourth-order valence-electron chi connectivity index (χ4n) is 2.90. The Morgan fingerprint density at radius 1 is 1.04 bits per heavy atom. The van der Waals surface area contributed by atoms with Crippen LogP contribution in [-0.4, -0.2) is 62.7 Å². The molecule has 1 aromatic heterocycles. The molecule has 3 rings (SSSR count). The highest BCUT2D eigenvalue weighted by molar-refractivity contribution is 5.14. The Hall–Kier alpha value is -2.05. The van der Waals surface area contributed by atoms with E-state index in [0.717, 1.165) is 58.1 Å². The molecule has 1 aliphatic rings. The molecule has 122 valence electrons. The van der Waals surface area contributed by atoms with Crippen LogP contribution in [0.2, 0.25) is 0 Å². The van der Waals surface area contributed by atoms with E-state index in [1.165, 1.54) is 5.56 Å². The van der Waals surface area contributed by atoms with Gasteiger partial charge in [0, 0.05) is 39.3 Å². The summed E-state index contributed by atoms with van der Waals surface area (Å²) in [6, 6.07) is 10.5. The smallest absolute Gasteiger partial charge is 0.165 e. The van der Waals surface area contributed by atoms with E-state index in [9.17, 15) is 0 Å². The Balaban J connectivity index is 1.51. The molecule has 2 aromatic rings. The SMILES string of the molecule is C=CCN1CCN(Cc2nnnn2CCc2ccccc2)CC1. The lowest BCUT2D eigenvalue weighted by molar-refractivity contribution is 0.133. The van der Waals surface area contributed by atoms with Gasteiger partial charge in [-0.05, 0) is 22.4 Å². The molecule has 0 N–H and O–H groups in total. The molecule has 1 saturated heterocycles. The first-order chi connectivity index (χ1) is 11.3. The standard InChI is InChI=1S/C17H24N6/c1-2-9-21-11-13-22(14-12-21)15-17-18-19-20-23(17)10-8-16-6-4-3-5-7-16/h2-7H,1,8-15H2. The van der Waals surface area contributed by atoms with Gasteiger partial charge in [0.05, 0.1) is 6.54 Å². The van der Waals surface area contributed by atoms with Gasteiger partial charge in [-0.1, -0.05) is 36.4 Å². The summed E-state index contributed by atoms with van der Waals surface area (Å²) in [5.41, 5.74) is 1.31. The van der Waals surface area contributed by atoms with Gasteiger partial charge in [-0.15, -0.1) is 11.7 Å². The zero-order chi connectivity index (χ0) is 15.9. The summed E-state index contributed by atoms with van der Waals surface area (Å²) in [4.78, 5) is 4.84. The first kappa shape index (κ1) is 15.8. The molecule has 0 spiro atoms. The van der Waals surface area contributed by atoms with Crippen LogP contribution < -0.4 is 0 Å². The Bertz CT molecular complexity index is 601. The molecule has 1 aromatic carbocycles. The summed E-state index contributed by atoms with van der Waals surface area (Å²) in [5, 5.41) is 12.2. The van der Waals surface area contributed by atoms with E-state index in [1.807, 2.05) is 16.8 Å². The second kappa shape index (κ2) is 7.99. The lowest BCUT2D eigenvalue weighted by Gasteiger charge is -2.33. The Kier molecular flexibility index (Phi) is 5.50. The minimum Gasteiger partial charge on any atom is -0.297 e. The van der Waals surface area contributed by atoms with Gasteiger partial charge >= 0.3 is 0 Å². The average Bonchev–Trinajstić information content (AvgIpc) is 3.03. The molecule has 2 heterocycles. The number of aromatic nitrogens is 4. The highest BCUT2D eigenvalue weighted by Crippen LogP contribution is 2.07.